The number of nitrogens with zero attached hydrogens (tertiary/aromatic N) is 1. The molecule has 3 rings (SSSR count). The van der Waals surface area contributed by atoms with Crippen LogP contribution in [0, 0.1) is 0 Å². The molecule has 0 spiro atoms. The van der Waals surface area contributed by atoms with E-state index in [1.165, 1.54) is 6.07 Å². The van der Waals surface area contributed by atoms with E-state index in [2.05, 4.69) is 10.6 Å². The maximum atomic E-state index is 13.0. The van der Waals surface area contributed by atoms with Crippen molar-refractivity contribution in [3.63, 3.8) is 0 Å². The van der Waals surface area contributed by atoms with Crippen molar-refractivity contribution in [2.45, 2.75) is 18.9 Å². The van der Waals surface area contributed by atoms with Gasteiger partial charge in [0.1, 0.15) is 17.1 Å². The van der Waals surface area contributed by atoms with Crippen LogP contribution in [0.3, 0.4) is 0 Å². The summed E-state index contributed by atoms with van der Waals surface area (Å²) in [6, 6.07) is 7.41. The molecule has 10 heteroatoms. The van der Waals surface area contributed by atoms with Crippen LogP contribution in [0.1, 0.15) is 29.3 Å². The Morgan fingerprint density at radius 2 is 1.93 bits per heavy atom. The second kappa shape index (κ2) is 7.61. The van der Waals surface area contributed by atoms with Crippen molar-refractivity contribution in [3.05, 3.63) is 51.9 Å². The lowest BCUT2D eigenvalue weighted by molar-refractivity contribution is -0.134. The van der Waals surface area contributed by atoms with Gasteiger partial charge in [0.25, 0.3) is 11.8 Å². The molecule has 146 valence electrons. The van der Waals surface area contributed by atoms with Crippen LogP contribution in [0.25, 0.3) is 0 Å². The highest BCUT2D eigenvalue weighted by atomic mass is 35.5. The molecule has 2 heterocycles. The van der Waals surface area contributed by atoms with Crippen LogP contribution < -0.4 is 16.4 Å². The first-order valence-electron chi connectivity index (χ1n) is 8.36. The van der Waals surface area contributed by atoms with E-state index in [1.54, 1.807) is 36.6 Å². The van der Waals surface area contributed by atoms with Gasteiger partial charge in [0.2, 0.25) is 5.91 Å². The maximum absolute atomic E-state index is 13.0. The number of benzene rings is 1. The molecule has 1 aromatic heterocycles. The summed E-state index contributed by atoms with van der Waals surface area (Å²) >= 11 is 7.02. The van der Waals surface area contributed by atoms with Crippen LogP contribution in [-0.4, -0.2) is 35.2 Å². The summed E-state index contributed by atoms with van der Waals surface area (Å²) in [5.74, 6) is -1.82. The molecule has 0 bridgehead atoms. The number of primary amides is 1. The van der Waals surface area contributed by atoms with Crippen LogP contribution in [0.4, 0.5) is 9.80 Å². The fraction of sp³-hybridized carbons (Fsp3) is 0.222. The van der Waals surface area contributed by atoms with Crippen molar-refractivity contribution in [1.82, 2.24) is 10.2 Å². The fourth-order valence-corrected chi connectivity index (χ4v) is 3.99. The van der Waals surface area contributed by atoms with E-state index in [9.17, 15) is 19.2 Å². The minimum atomic E-state index is -1.26. The van der Waals surface area contributed by atoms with Crippen molar-refractivity contribution in [1.29, 1.82) is 0 Å². The van der Waals surface area contributed by atoms with Gasteiger partial charge in [0.15, 0.2) is 0 Å². The molecule has 0 radical (unpaired) electrons. The highest BCUT2D eigenvalue weighted by Crippen LogP contribution is 2.33. The molecule has 2 aromatic rings. The van der Waals surface area contributed by atoms with Crippen molar-refractivity contribution in [2.75, 3.05) is 11.9 Å². The zero-order valence-corrected chi connectivity index (χ0v) is 16.4. The van der Waals surface area contributed by atoms with Gasteiger partial charge in [-0.3, -0.25) is 19.3 Å². The van der Waals surface area contributed by atoms with E-state index in [1.807, 2.05) is 0 Å². The van der Waals surface area contributed by atoms with Crippen LogP contribution in [0.15, 0.2) is 35.7 Å². The number of imide groups is 1. The summed E-state index contributed by atoms with van der Waals surface area (Å²) in [6.45, 7) is 1.28. The molecule has 0 unspecified atom stereocenters. The number of hydrogen-bond acceptors (Lipinski definition) is 5. The molecule has 4 N–H and O–H groups in total. The number of nitrogens with one attached hydrogen (secondary N) is 2. The molecule has 8 nitrogen and oxygen atoms in total. The second-order valence-electron chi connectivity index (χ2n) is 6.16. The first-order chi connectivity index (χ1) is 13.3. The van der Waals surface area contributed by atoms with Crippen molar-refractivity contribution in [2.24, 2.45) is 5.73 Å². The van der Waals surface area contributed by atoms with Gasteiger partial charge >= 0.3 is 6.03 Å². The number of anilines is 1. The summed E-state index contributed by atoms with van der Waals surface area (Å²) in [5, 5.41) is 7.58. The van der Waals surface area contributed by atoms with Crippen LogP contribution in [0.2, 0.25) is 5.02 Å². The number of carbonyl (C=O) groups excluding carboxylic acids is 4. The van der Waals surface area contributed by atoms with Crippen LogP contribution in [-0.2, 0) is 15.1 Å². The average molecular weight is 421 g/mol. The minimum Gasteiger partial charge on any atom is -0.366 e. The number of carbonyl (C=O) groups is 4. The Morgan fingerprint density at radius 3 is 2.54 bits per heavy atom. The second-order valence-corrected chi connectivity index (χ2v) is 7.52. The Labute approximate surface area is 169 Å². The van der Waals surface area contributed by atoms with Gasteiger partial charge in [0, 0.05) is 5.02 Å². The van der Waals surface area contributed by atoms with E-state index < -0.39 is 35.8 Å². The summed E-state index contributed by atoms with van der Waals surface area (Å²) < 4.78 is 0. The Bertz CT molecular complexity index is 959. The molecule has 1 aliphatic heterocycles. The van der Waals surface area contributed by atoms with E-state index in [0.29, 0.717) is 17.0 Å². The summed E-state index contributed by atoms with van der Waals surface area (Å²) in [7, 11) is 0. The molecule has 5 amide bonds. The smallest absolute Gasteiger partial charge is 0.325 e. The normalized spacial score (nSPS) is 18.9. The fourth-order valence-electron chi connectivity index (χ4n) is 3.05. The van der Waals surface area contributed by atoms with Crippen molar-refractivity contribution >= 4 is 51.7 Å². The molecule has 1 saturated heterocycles. The zero-order valence-electron chi connectivity index (χ0n) is 14.8. The number of rotatable bonds is 6. The predicted molar refractivity (Wildman–Crippen MR) is 105 cm³/mol. The number of nitrogens with two attached hydrogens (primary N) is 1. The molecular formula is C18H17ClN4O4S. The number of hydrogen-bond donors (Lipinski definition) is 3. The Morgan fingerprint density at radius 1 is 1.25 bits per heavy atom. The summed E-state index contributed by atoms with van der Waals surface area (Å²) in [6.07, 6.45) is 0.300. The lowest BCUT2D eigenvalue weighted by Gasteiger charge is -2.25. The third-order valence-electron chi connectivity index (χ3n) is 4.53. The highest BCUT2D eigenvalue weighted by Gasteiger charge is 2.51. The molecule has 1 fully saturated rings. The van der Waals surface area contributed by atoms with Gasteiger partial charge in [-0.25, -0.2) is 4.79 Å². The van der Waals surface area contributed by atoms with E-state index in [0.717, 1.165) is 16.2 Å². The van der Waals surface area contributed by atoms with Gasteiger partial charge < -0.3 is 16.4 Å². The van der Waals surface area contributed by atoms with Gasteiger partial charge in [-0.15, -0.1) is 11.3 Å². The van der Waals surface area contributed by atoms with E-state index in [-0.39, 0.29) is 10.6 Å². The SMILES string of the molecule is CC[C@]1(c2ccc(Cl)cc2)NC(=O)N(CC(=O)Nc2sccc2C(N)=O)C1=O. The molecule has 1 aromatic carbocycles. The Balaban J connectivity index is 1.79. The molecule has 0 aliphatic carbocycles. The van der Waals surface area contributed by atoms with E-state index in [4.69, 9.17) is 17.3 Å². The largest absolute Gasteiger partial charge is 0.366 e. The van der Waals surface area contributed by atoms with Crippen molar-refractivity contribution < 1.29 is 19.2 Å². The Hall–Kier alpha value is -2.91. The zero-order chi connectivity index (χ0) is 20.5. The average Bonchev–Trinajstić information content (AvgIpc) is 3.21. The van der Waals surface area contributed by atoms with Crippen LogP contribution in [0.5, 0.6) is 0 Å². The first-order valence-corrected chi connectivity index (χ1v) is 9.61. The summed E-state index contributed by atoms with van der Waals surface area (Å²) in [5.41, 5.74) is 4.73. The molecule has 28 heavy (non-hydrogen) atoms. The lowest BCUT2D eigenvalue weighted by atomic mass is 9.87. The molecular weight excluding hydrogens is 404 g/mol. The summed E-state index contributed by atoms with van der Waals surface area (Å²) in [4.78, 5) is 50.0. The minimum absolute atomic E-state index is 0.166. The first kappa shape index (κ1) is 19.8. The third-order valence-corrected chi connectivity index (χ3v) is 5.61. The maximum Gasteiger partial charge on any atom is 0.325 e. The molecule has 1 aliphatic rings. The number of amides is 5. The highest BCUT2D eigenvalue weighted by molar-refractivity contribution is 7.14. The van der Waals surface area contributed by atoms with Gasteiger partial charge in [-0.1, -0.05) is 30.7 Å². The monoisotopic (exact) mass is 420 g/mol. The number of urea groups is 1. The van der Waals surface area contributed by atoms with Gasteiger partial charge in [-0.05, 0) is 35.6 Å². The number of halogens is 1. The quantitative estimate of drug-likeness (QED) is 0.620. The van der Waals surface area contributed by atoms with Crippen LogP contribution >= 0.6 is 22.9 Å². The predicted octanol–water partition coefficient (Wildman–Crippen LogP) is 2.30. The standard InChI is InChI=1S/C18H17ClN4O4S/c1-2-18(10-3-5-11(19)6-4-10)16(26)23(17(27)22-18)9-13(24)21-15-12(14(20)25)7-8-28-15/h3-8H,2,9H2,1H3,(H2,20,25)(H,21,24)(H,22,27)/t18-/m1/s1. The van der Waals surface area contributed by atoms with Gasteiger partial charge in [0.05, 0.1) is 5.56 Å². The van der Waals surface area contributed by atoms with E-state index >= 15 is 0 Å². The topological polar surface area (TPSA) is 122 Å². The van der Waals surface area contributed by atoms with Crippen molar-refractivity contribution in [3.8, 4) is 0 Å². The molecule has 1 atom stereocenters. The third kappa shape index (κ3) is 3.46. The number of thiophene rings is 1. The Kier molecular flexibility index (Phi) is 5.39. The molecule has 0 saturated carbocycles. The van der Waals surface area contributed by atoms with Gasteiger partial charge in [-0.2, -0.15) is 0 Å². The lowest BCUT2D eigenvalue weighted by Crippen LogP contribution is -2.44.